The fraction of sp³-hybridized carbons (Fsp3) is 0.444. The topological polar surface area (TPSA) is 23.9 Å². The molecule has 0 aromatic rings. The van der Waals surface area contributed by atoms with Gasteiger partial charge in [-0.3, -0.25) is 5.41 Å². The fourth-order valence-electron chi connectivity index (χ4n) is 1.08. The lowest BCUT2D eigenvalue weighted by Crippen LogP contribution is -1.88. The molecule has 0 fully saturated rings. The summed E-state index contributed by atoms with van der Waals surface area (Å²) in [5.41, 5.74) is 1.22. The summed E-state index contributed by atoms with van der Waals surface area (Å²) in [4.78, 5) is 0. The monoisotopic (exact) mass is 133 g/mol. The normalized spacial score (nSPS) is 16.6. The SMILES string of the molecule is N=CC#CC1=CCCCC1. The molecule has 0 aromatic heterocycles. The van der Waals surface area contributed by atoms with E-state index in [-0.39, 0.29) is 0 Å². The smallest absolute Gasteiger partial charge is 0.0680 e. The zero-order valence-corrected chi connectivity index (χ0v) is 5.98. The van der Waals surface area contributed by atoms with Crippen molar-refractivity contribution in [1.82, 2.24) is 0 Å². The van der Waals surface area contributed by atoms with Crippen molar-refractivity contribution in [3.05, 3.63) is 11.6 Å². The van der Waals surface area contributed by atoms with Gasteiger partial charge in [-0.15, -0.1) is 0 Å². The lowest BCUT2D eigenvalue weighted by Gasteiger charge is -2.05. The van der Waals surface area contributed by atoms with Crippen LogP contribution in [0.5, 0.6) is 0 Å². The molecule has 0 spiro atoms. The Morgan fingerprint density at radius 3 is 3.00 bits per heavy atom. The Labute approximate surface area is 61.6 Å². The standard InChI is InChI=1S/C9H11N/c10-8-4-7-9-5-2-1-3-6-9/h5,8,10H,1-3,6H2. The molecule has 0 amide bonds. The van der Waals surface area contributed by atoms with Crippen molar-refractivity contribution in [1.29, 1.82) is 5.41 Å². The van der Waals surface area contributed by atoms with Crippen LogP contribution in [-0.4, -0.2) is 6.21 Å². The molecule has 10 heavy (non-hydrogen) atoms. The molecular formula is C9H11N. The van der Waals surface area contributed by atoms with E-state index in [1.807, 2.05) is 0 Å². The summed E-state index contributed by atoms with van der Waals surface area (Å²) in [6.07, 6.45) is 8.17. The van der Waals surface area contributed by atoms with Crippen molar-refractivity contribution in [2.24, 2.45) is 0 Å². The second-order valence-corrected chi connectivity index (χ2v) is 2.39. The summed E-state index contributed by atoms with van der Waals surface area (Å²) in [5, 5.41) is 6.70. The lowest BCUT2D eigenvalue weighted by molar-refractivity contribution is 0.715. The number of allylic oxidation sites excluding steroid dienone is 2. The van der Waals surface area contributed by atoms with E-state index in [1.165, 1.54) is 24.8 Å². The van der Waals surface area contributed by atoms with E-state index in [2.05, 4.69) is 17.9 Å². The third kappa shape index (κ3) is 2.06. The zero-order chi connectivity index (χ0) is 7.23. The van der Waals surface area contributed by atoms with Crippen molar-refractivity contribution < 1.29 is 0 Å². The Morgan fingerprint density at radius 2 is 2.40 bits per heavy atom. The highest BCUT2D eigenvalue weighted by molar-refractivity contribution is 5.76. The van der Waals surface area contributed by atoms with E-state index in [0.717, 1.165) is 12.6 Å². The first kappa shape index (κ1) is 7.08. The molecular weight excluding hydrogens is 122 g/mol. The second-order valence-electron chi connectivity index (χ2n) is 2.39. The molecule has 1 aliphatic carbocycles. The highest BCUT2D eigenvalue weighted by Gasteiger charge is 1.98. The molecule has 0 saturated carbocycles. The highest BCUT2D eigenvalue weighted by atomic mass is 14.3. The molecule has 52 valence electrons. The molecule has 0 aliphatic heterocycles. The van der Waals surface area contributed by atoms with Gasteiger partial charge in [-0.1, -0.05) is 17.9 Å². The van der Waals surface area contributed by atoms with Gasteiger partial charge in [0.1, 0.15) is 0 Å². The minimum atomic E-state index is 1.11. The maximum atomic E-state index is 6.70. The predicted molar refractivity (Wildman–Crippen MR) is 43.1 cm³/mol. The summed E-state index contributed by atoms with van der Waals surface area (Å²) in [6, 6.07) is 0. The first-order valence-corrected chi connectivity index (χ1v) is 3.63. The first-order chi connectivity index (χ1) is 4.93. The third-order valence-electron chi connectivity index (χ3n) is 1.60. The van der Waals surface area contributed by atoms with Crippen molar-refractivity contribution in [3.8, 4) is 11.8 Å². The van der Waals surface area contributed by atoms with Gasteiger partial charge in [-0.25, -0.2) is 0 Å². The van der Waals surface area contributed by atoms with E-state index < -0.39 is 0 Å². The molecule has 1 aliphatic rings. The summed E-state index contributed by atoms with van der Waals surface area (Å²) >= 11 is 0. The molecule has 1 N–H and O–H groups in total. The average Bonchev–Trinajstić information content (AvgIpc) is 2.03. The van der Waals surface area contributed by atoms with Crippen LogP contribution in [0.25, 0.3) is 0 Å². The van der Waals surface area contributed by atoms with Gasteiger partial charge in [0, 0.05) is 0 Å². The fourth-order valence-corrected chi connectivity index (χ4v) is 1.08. The van der Waals surface area contributed by atoms with Crippen LogP contribution in [-0.2, 0) is 0 Å². The lowest BCUT2D eigenvalue weighted by atomic mass is 10.0. The van der Waals surface area contributed by atoms with Crippen molar-refractivity contribution in [2.45, 2.75) is 25.7 Å². The maximum absolute atomic E-state index is 6.70. The van der Waals surface area contributed by atoms with Crippen LogP contribution >= 0.6 is 0 Å². The Kier molecular flexibility index (Phi) is 2.76. The summed E-state index contributed by atoms with van der Waals surface area (Å²) in [7, 11) is 0. The van der Waals surface area contributed by atoms with E-state index in [4.69, 9.17) is 5.41 Å². The zero-order valence-electron chi connectivity index (χ0n) is 5.98. The number of hydrogen-bond acceptors (Lipinski definition) is 1. The molecule has 0 aromatic carbocycles. The van der Waals surface area contributed by atoms with Gasteiger partial charge in [0.25, 0.3) is 0 Å². The van der Waals surface area contributed by atoms with Crippen LogP contribution in [0.15, 0.2) is 11.6 Å². The largest absolute Gasteiger partial charge is 0.300 e. The molecule has 1 nitrogen and oxygen atoms in total. The Bertz CT molecular complexity index is 203. The first-order valence-electron chi connectivity index (χ1n) is 3.63. The molecule has 0 radical (unpaired) electrons. The summed E-state index contributed by atoms with van der Waals surface area (Å²) < 4.78 is 0. The van der Waals surface area contributed by atoms with Gasteiger partial charge < -0.3 is 0 Å². The van der Waals surface area contributed by atoms with Crippen molar-refractivity contribution in [3.63, 3.8) is 0 Å². The van der Waals surface area contributed by atoms with Gasteiger partial charge in [-0.2, -0.15) is 0 Å². The predicted octanol–water partition coefficient (Wildman–Crippen LogP) is 2.14. The van der Waals surface area contributed by atoms with Gasteiger partial charge in [0.2, 0.25) is 0 Å². The molecule has 0 saturated heterocycles. The molecule has 0 heterocycles. The van der Waals surface area contributed by atoms with Crippen LogP contribution in [0, 0.1) is 17.3 Å². The van der Waals surface area contributed by atoms with Crippen LogP contribution in [0.4, 0.5) is 0 Å². The Hall–Kier alpha value is -1.03. The van der Waals surface area contributed by atoms with Crippen molar-refractivity contribution in [2.75, 3.05) is 0 Å². The van der Waals surface area contributed by atoms with E-state index in [9.17, 15) is 0 Å². The molecule has 0 atom stereocenters. The van der Waals surface area contributed by atoms with E-state index in [0.29, 0.717) is 0 Å². The molecule has 1 rings (SSSR count). The van der Waals surface area contributed by atoms with Gasteiger partial charge >= 0.3 is 0 Å². The summed E-state index contributed by atoms with van der Waals surface area (Å²) in [6.45, 7) is 0. The van der Waals surface area contributed by atoms with E-state index >= 15 is 0 Å². The molecule has 0 bridgehead atoms. The Balaban J connectivity index is 2.53. The van der Waals surface area contributed by atoms with Crippen LogP contribution in [0.3, 0.4) is 0 Å². The minimum Gasteiger partial charge on any atom is -0.300 e. The van der Waals surface area contributed by atoms with Gasteiger partial charge in [0.05, 0.1) is 6.21 Å². The number of hydrogen-bond donors (Lipinski definition) is 1. The second kappa shape index (κ2) is 3.90. The van der Waals surface area contributed by atoms with Crippen LogP contribution in [0.1, 0.15) is 25.7 Å². The molecule has 1 heteroatoms. The maximum Gasteiger partial charge on any atom is 0.0680 e. The average molecular weight is 133 g/mol. The van der Waals surface area contributed by atoms with Gasteiger partial charge in [0.15, 0.2) is 0 Å². The van der Waals surface area contributed by atoms with Crippen LogP contribution in [0.2, 0.25) is 0 Å². The summed E-state index contributed by atoms with van der Waals surface area (Å²) in [5.74, 6) is 5.58. The number of nitrogens with one attached hydrogen (secondary N) is 1. The molecule has 0 unspecified atom stereocenters. The van der Waals surface area contributed by atoms with E-state index in [1.54, 1.807) is 0 Å². The third-order valence-corrected chi connectivity index (χ3v) is 1.60. The highest BCUT2D eigenvalue weighted by Crippen LogP contribution is 2.15. The number of rotatable bonds is 0. The van der Waals surface area contributed by atoms with Gasteiger partial charge in [-0.05, 0) is 31.3 Å². The van der Waals surface area contributed by atoms with Crippen LogP contribution < -0.4 is 0 Å². The quantitative estimate of drug-likeness (QED) is 0.386. The van der Waals surface area contributed by atoms with Crippen molar-refractivity contribution >= 4 is 6.21 Å². The minimum absolute atomic E-state index is 1.11. The Morgan fingerprint density at radius 1 is 1.50 bits per heavy atom.